The molecule has 0 spiro atoms. The van der Waals surface area contributed by atoms with Crippen molar-refractivity contribution in [3.8, 4) is 0 Å². The van der Waals surface area contributed by atoms with E-state index < -0.39 is 0 Å². The minimum Gasteiger partial charge on any atom is -0.469 e. The second-order valence-corrected chi connectivity index (χ2v) is 4.92. The van der Waals surface area contributed by atoms with E-state index in [0.717, 1.165) is 0 Å². The van der Waals surface area contributed by atoms with Gasteiger partial charge in [-0.05, 0) is 34.8 Å². The minimum atomic E-state index is -0.188. The molecule has 0 atom stereocenters. The number of halogens is 1. The van der Waals surface area contributed by atoms with E-state index in [2.05, 4.69) is 15.9 Å². The van der Waals surface area contributed by atoms with E-state index in [-0.39, 0.29) is 17.8 Å². The Morgan fingerprint density at radius 2 is 2.11 bits per heavy atom. The van der Waals surface area contributed by atoms with E-state index in [9.17, 15) is 9.59 Å². The van der Waals surface area contributed by atoms with Crippen molar-refractivity contribution in [3.05, 3.63) is 22.6 Å². The van der Waals surface area contributed by atoms with Crippen molar-refractivity contribution in [3.63, 3.8) is 0 Å². The summed E-state index contributed by atoms with van der Waals surface area (Å²) < 4.78 is 10.2. The highest BCUT2D eigenvalue weighted by molar-refractivity contribution is 9.10. The van der Waals surface area contributed by atoms with Crippen LogP contribution in [0.5, 0.6) is 0 Å². The average molecular weight is 316 g/mol. The van der Waals surface area contributed by atoms with Crippen LogP contribution in [0.3, 0.4) is 0 Å². The highest BCUT2D eigenvalue weighted by Gasteiger charge is 2.29. The maximum Gasteiger partial charge on any atom is 0.308 e. The molecule has 1 amide bonds. The lowest BCUT2D eigenvalue weighted by Crippen LogP contribution is -2.40. The molecule has 1 aliphatic heterocycles. The van der Waals surface area contributed by atoms with Gasteiger partial charge in [0.25, 0.3) is 5.91 Å². The van der Waals surface area contributed by atoms with Crippen LogP contribution in [0, 0.1) is 5.92 Å². The predicted molar refractivity (Wildman–Crippen MR) is 67.1 cm³/mol. The maximum absolute atomic E-state index is 12.1. The van der Waals surface area contributed by atoms with Gasteiger partial charge in [0.1, 0.15) is 0 Å². The van der Waals surface area contributed by atoms with Gasteiger partial charge in [0, 0.05) is 13.1 Å². The first-order chi connectivity index (χ1) is 8.63. The summed E-state index contributed by atoms with van der Waals surface area (Å²) in [6, 6.07) is 1.64. The molecule has 0 N–H and O–H groups in total. The largest absolute Gasteiger partial charge is 0.469 e. The van der Waals surface area contributed by atoms with Gasteiger partial charge in [-0.15, -0.1) is 0 Å². The second kappa shape index (κ2) is 5.56. The van der Waals surface area contributed by atoms with Crippen LogP contribution in [0.1, 0.15) is 23.2 Å². The van der Waals surface area contributed by atoms with Crippen LogP contribution in [0.2, 0.25) is 0 Å². The van der Waals surface area contributed by atoms with Crippen molar-refractivity contribution in [1.29, 1.82) is 0 Å². The van der Waals surface area contributed by atoms with Gasteiger partial charge in [0.15, 0.2) is 4.67 Å². The van der Waals surface area contributed by atoms with Crippen molar-refractivity contribution in [1.82, 2.24) is 4.90 Å². The zero-order valence-electron chi connectivity index (χ0n) is 10.0. The molecule has 18 heavy (non-hydrogen) atoms. The molecular weight excluding hydrogens is 302 g/mol. The Hall–Kier alpha value is -1.30. The lowest BCUT2D eigenvalue weighted by molar-refractivity contribution is -0.146. The van der Waals surface area contributed by atoms with E-state index in [4.69, 9.17) is 9.15 Å². The van der Waals surface area contributed by atoms with Gasteiger partial charge < -0.3 is 14.1 Å². The number of esters is 1. The molecule has 0 saturated carbocycles. The lowest BCUT2D eigenvalue weighted by Gasteiger charge is -2.30. The Bertz CT molecular complexity index is 449. The lowest BCUT2D eigenvalue weighted by atomic mass is 9.97. The molecule has 0 unspecified atom stereocenters. The van der Waals surface area contributed by atoms with Gasteiger partial charge in [-0.1, -0.05) is 0 Å². The Kier molecular flexibility index (Phi) is 4.06. The number of carbonyl (C=O) groups is 2. The van der Waals surface area contributed by atoms with Crippen LogP contribution in [0.25, 0.3) is 0 Å². The van der Waals surface area contributed by atoms with Crippen molar-refractivity contribution in [2.45, 2.75) is 12.8 Å². The Morgan fingerprint density at radius 3 is 2.61 bits per heavy atom. The summed E-state index contributed by atoms with van der Waals surface area (Å²) in [5.41, 5.74) is 0.520. The second-order valence-electron chi connectivity index (χ2n) is 4.20. The molecule has 2 heterocycles. The molecule has 0 bridgehead atoms. The third kappa shape index (κ3) is 2.58. The average Bonchev–Trinajstić information content (AvgIpc) is 2.83. The summed E-state index contributed by atoms with van der Waals surface area (Å²) in [4.78, 5) is 25.3. The van der Waals surface area contributed by atoms with Gasteiger partial charge in [0.05, 0.1) is 24.9 Å². The van der Waals surface area contributed by atoms with E-state index >= 15 is 0 Å². The number of piperidine rings is 1. The number of hydrogen-bond acceptors (Lipinski definition) is 4. The fraction of sp³-hybridized carbons (Fsp3) is 0.500. The van der Waals surface area contributed by atoms with Gasteiger partial charge in [-0.2, -0.15) is 0 Å². The van der Waals surface area contributed by atoms with Gasteiger partial charge >= 0.3 is 5.97 Å². The quantitative estimate of drug-likeness (QED) is 0.784. The minimum absolute atomic E-state index is 0.0704. The van der Waals surface area contributed by atoms with Crippen LogP contribution < -0.4 is 0 Å². The van der Waals surface area contributed by atoms with Crippen molar-refractivity contribution < 1.29 is 18.7 Å². The van der Waals surface area contributed by atoms with Crippen molar-refractivity contribution >= 4 is 27.8 Å². The highest BCUT2D eigenvalue weighted by atomic mass is 79.9. The first-order valence-corrected chi connectivity index (χ1v) is 6.53. The molecule has 2 rings (SSSR count). The monoisotopic (exact) mass is 315 g/mol. The number of rotatable bonds is 2. The van der Waals surface area contributed by atoms with E-state index in [1.54, 1.807) is 11.0 Å². The fourth-order valence-electron chi connectivity index (χ4n) is 2.10. The number of amides is 1. The Labute approximate surface area is 113 Å². The topological polar surface area (TPSA) is 59.8 Å². The van der Waals surface area contributed by atoms with Gasteiger partial charge in [-0.25, -0.2) is 0 Å². The molecule has 0 radical (unpaired) electrons. The molecule has 6 heteroatoms. The summed E-state index contributed by atoms with van der Waals surface area (Å²) in [6.07, 6.45) is 2.76. The summed E-state index contributed by atoms with van der Waals surface area (Å²) in [5.74, 6) is -0.350. The number of furan rings is 1. The predicted octanol–water partition coefficient (Wildman–Crippen LogP) is 2.07. The number of methoxy groups -OCH3 is 1. The number of likely N-dealkylation sites (tertiary alicyclic amines) is 1. The molecule has 1 saturated heterocycles. The Balaban J connectivity index is 1.96. The first kappa shape index (κ1) is 13.1. The summed E-state index contributed by atoms with van der Waals surface area (Å²) in [6.45, 7) is 1.13. The number of nitrogens with zero attached hydrogens (tertiary/aromatic N) is 1. The fourth-order valence-corrected chi connectivity index (χ4v) is 2.51. The molecule has 1 aromatic heterocycles. The molecule has 0 aliphatic carbocycles. The normalized spacial score (nSPS) is 16.7. The van der Waals surface area contributed by atoms with Crippen LogP contribution in [-0.4, -0.2) is 37.0 Å². The molecule has 1 aromatic rings. The SMILES string of the molecule is COC(=O)C1CCN(C(=O)c2ccoc2Br)CC1. The summed E-state index contributed by atoms with van der Waals surface area (Å²) in [5, 5.41) is 0. The summed E-state index contributed by atoms with van der Waals surface area (Å²) >= 11 is 3.19. The molecule has 5 nitrogen and oxygen atoms in total. The first-order valence-electron chi connectivity index (χ1n) is 5.73. The van der Waals surface area contributed by atoms with E-state index in [1.807, 2.05) is 0 Å². The van der Waals surface area contributed by atoms with Crippen LogP contribution in [0.4, 0.5) is 0 Å². The van der Waals surface area contributed by atoms with Crippen molar-refractivity contribution in [2.75, 3.05) is 20.2 Å². The van der Waals surface area contributed by atoms with E-state index in [1.165, 1.54) is 13.4 Å². The smallest absolute Gasteiger partial charge is 0.308 e. The van der Waals surface area contributed by atoms with Crippen LogP contribution in [-0.2, 0) is 9.53 Å². The number of carbonyl (C=O) groups excluding carboxylic acids is 2. The van der Waals surface area contributed by atoms with Crippen molar-refractivity contribution in [2.24, 2.45) is 5.92 Å². The Morgan fingerprint density at radius 1 is 1.44 bits per heavy atom. The third-order valence-electron chi connectivity index (χ3n) is 3.17. The zero-order chi connectivity index (χ0) is 13.1. The van der Waals surface area contributed by atoms with Gasteiger partial charge in [-0.3, -0.25) is 9.59 Å². The van der Waals surface area contributed by atoms with E-state index in [0.29, 0.717) is 36.2 Å². The molecule has 0 aromatic carbocycles. The van der Waals surface area contributed by atoms with Gasteiger partial charge in [0.2, 0.25) is 0 Å². The zero-order valence-corrected chi connectivity index (χ0v) is 11.6. The highest BCUT2D eigenvalue weighted by Crippen LogP contribution is 2.23. The maximum atomic E-state index is 12.1. The third-order valence-corrected chi connectivity index (χ3v) is 3.78. The number of ether oxygens (including phenoxy) is 1. The standard InChI is InChI=1S/C12H14BrNO4/c1-17-12(16)8-2-5-14(6-3-8)11(15)9-4-7-18-10(9)13/h4,7-8H,2-3,5-6H2,1H3. The summed E-state index contributed by atoms with van der Waals surface area (Å²) in [7, 11) is 1.39. The molecule has 1 aliphatic rings. The van der Waals surface area contributed by atoms with Crippen LogP contribution in [0.15, 0.2) is 21.4 Å². The molecular formula is C12H14BrNO4. The number of hydrogen-bond donors (Lipinski definition) is 0. The molecule has 1 fully saturated rings. The van der Waals surface area contributed by atoms with Crippen LogP contribution >= 0.6 is 15.9 Å². The molecule has 98 valence electrons.